The number of amides is 1. The van der Waals surface area contributed by atoms with Gasteiger partial charge >= 0.3 is 0 Å². The minimum atomic E-state index is -2.63. The van der Waals surface area contributed by atoms with Gasteiger partial charge in [0, 0.05) is 25.8 Å². The molecule has 0 aromatic carbocycles. The zero-order valence-electron chi connectivity index (χ0n) is 11.9. The van der Waals surface area contributed by atoms with Crippen LogP contribution < -0.4 is 5.73 Å². The van der Waals surface area contributed by atoms with Gasteiger partial charge in [-0.15, -0.1) is 5.10 Å². The van der Waals surface area contributed by atoms with E-state index in [2.05, 4.69) is 10.3 Å². The minimum Gasteiger partial charge on any atom is -0.364 e. The number of nitrogens with zero attached hydrogens (tertiary/aromatic N) is 3. The van der Waals surface area contributed by atoms with Crippen molar-refractivity contribution in [2.24, 2.45) is 11.7 Å². The van der Waals surface area contributed by atoms with Gasteiger partial charge in [0.25, 0.3) is 5.91 Å². The first kappa shape index (κ1) is 16.7. The van der Waals surface area contributed by atoms with Crippen LogP contribution in [0.4, 0.5) is 17.6 Å². The van der Waals surface area contributed by atoms with Crippen LogP contribution in [0.1, 0.15) is 48.3 Å². The molecule has 2 rings (SSSR count). The van der Waals surface area contributed by atoms with Crippen LogP contribution in [0.5, 0.6) is 0 Å². The maximum atomic E-state index is 13.1. The number of primary amides is 1. The smallest absolute Gasteiger partial charge is 0.268 e. The molecular weight excluding hydrogens is 304 g/mol. The first-order chi connectivity index (χ1) is 10.3. The van der Waals surface area contributed by atoms with Gasteiger partial charge in [0.15, 0.2) is 0 Å². The highest BCUT2D eigenvalue weighted by Crippen LogP contribution is 2.37. The number of alkyl halides is 4. The summed E-state index contributed by atoms with van der Waals surface area (Å²) in [5.74, 6) is -3.45. The Morgan fingerprint density at radius 2 is 2.00 bits per heavy atom. The van der Waals surface area contributed by atoms with Crippen LogP contribution in [0.2, 0.25) is 0 Å². The van der Waals surface area contributed by atoms with Gasteiger partial charge < -0.3 is 5.73 Å². The second kappa shape index (κ2) is 6.62. The molecule has 0 unspecified atom stereocenters. The Morgan fingerprint density at radius 3 is 2.55 bits per heavy atom. The Kier molecular flexibility index (Phi) is 5.02. The van der Waals surface area contributed by atoms with Crippen LogP contribution in [0.25, 0.3) is 0 Å². The summed E-state index contributed by atoms with van der Waals surface area (Å²) >= 11 is 0. The highest BCUT2D eigenvalue weighted by molar-refractivity contribution is 5.92. The molecule has 1 aliphatic carbocycles. The van der Waals surface area contributed by atoms with Gasteiger partial charge in [0.05, 0.1) is 5.69 Å². The third-order valence-electron chi connectivity index (χ3n) is 3.92. The number of halogens is 4. The van der Waals surface area contributed by atoms with E-state index in [1.165, 1.54) is 0 Å². The molecule has 0 saturated heterocycles. The number of hydrogen-bond acceptors (Lipinski definition) is 3. The Balaban J connectivity index is 2.06. The fourth-order valence-electron chi connectivity index (χ4n) is 2.71. The largest absolute Gasteiger partial charge is 0.364 e. The van der Waals surface area contributed by atoms with E-state index in [-0.39, 0.29) is 31.0 Å². The first-order valence-corrected chi connectivity index (χ1v) is 7.16. The van der Waals surface area contributed by atoms with E-state index in [1.54, 1.807) is 0 Å². The van der Waals surface area contributed by atoms with Gasteiger partial charge in [-0.2, -0.15) is 0 Å². The van der Waals surface area contributed by atoms with Crippen molar-refractivity contribution in [2.45, 2.75) is 57.4 Å². The average molecular weight is 322 g/mol. The van der Waals surface area contributed by atoms with Gasteiger partial charge in [-0.3, -0.25) is 4.79 Å². The highest BCUT2D eigenvalue weighted by atomic mass is 19.3. The summed E-state index contributed by atoms with van der Waals surface area (Å²) in [4.78, 5) is 11.5. The molecule has 5 nitrogen and oxygen atoms in total. The number of carbonyl (C=O) groups is 1. The predicted molar refractivity (Wildman–Crippen MR) is 69.8 cm³/mol. The molecule has 124 valence electrons. The van der Waals surface area contributed by atoms with E-state index >= 15 is 0 Å². The van der Waals surface area contributed by atoms with Crippen LogP contribution >= 0.6 is 0 Å². The molecule has 1 amide bonds. The van der Waals surface area contributed by atoms with Crippen molar-refractivity contribution in [1.29, 1.82) is 0 Å². The van der Waals surface area contributed by atoms with Crippen LogP contribution in [-0.4, -0.2) is 33.2 Å². The van der Waals surface area contributed by atoms with Crippen molar-refractivity contribution in [3.63, 3.8) is 0 Å². The number of carbonyl (C=O) groups excluding carboxylic acids is 1. The average Bonchev–Trinajstić information content (AvgIpc) is 2.82. The third kappa shape index (κ3) is 4.17. The number of rotatable bonds is 6. The van der Waals surface area contributed by atoms with E-state index in [0.717, 1.165) is 4.68 Å². The zero-order valence-corrected chi connectivity index (χ0v) is 11.9. The maximum Gasteiger partial charge on any atom is 0.268 e. The molecule has 0 aliphatic heterocycles. The van der Waals surface area contributed by atoms with Gasteiger partial charge in [-0.25, -0.2) is 22.2 Å². The third-order valence-corrected chi connectivity index (χ3v) is 3.92. The fraction of sp³-hybridized carbons (Fsp3) is 0.769. The summed E-state index contributed by atoms with van der Waals surface area (Å²) < 4.78 is 51.8. The summed E-state index contributed by atoms with van der Waals surface area (Å²) in [7, 11) is 0. The Morgan fingerprint density at radius 1 is 1.36 bits per heavy atom. The van der Waals surface area contributed by atoms with Crippen molar-refractivity contribution in [3.8, 4) is 0 Å². The van der Waals surface area contributed by atoms with Crippen LogP contribution in [-0.2, 0) is 13.0 Å². The van der Waals surface area contributed by atoms with Gasteiger partial charge in [0.2, 0.25) is 12.3 Å². The lowest BCUT2D eigenvalue weighted by molar-refractivity contribution is -0.0457. The summed E-state index contributed by atoms with van der Waals surface area (Å²) in [6.45, 7) is -0.161. The molecule has 2 N–H and O–H groups in total. The van der Waals surface area contributed by atoms with Gasteiger partial charge in [0.1, 0.15) is 5.69 Å². The maximum absolute atomic E-state index is 13.1. The molecule has 1 aromatic heterocycles. The van der Waals surface area contributed by atoms with Crippen LogP contribution in [0.3, 0.4) is 0 Å². The molecule has 1 fully saturated rings. The summed E-state index contributed by atoms with van der Waals surface area (Å²) in [6, 6.07) is 0. The lowest BCUT2D eigenvalue weighted by Gasteiger charge is -2.27. The molecule has 0 spiro atoms. The van der Waals surface area contributed by atoms with Crippen molar-refractivity contribution in [1.82, 2.24) is 15.0 Å². The fourth-order valence-corrected chi connectivity index (χ4v) is 2.71. The van der Waals surface area contributed by atoms with E-state index in [9.17, 15) is 22.4 Å². The van der Waals surface area contributed by atoms with Gasteiger partial charge in [-0.05, 0) is 25.2 Å². The first-order valence-electron chi connectivity index (χ1n) is 7.16. The van der Waals surface area contributed by atoms with Crippen molar-refractivity contribution in [3.05, 3.63) is 11.4 Å². The number of aryl methyl sites for hydroxylation is 1. The molecule has 1 saturated carbocycles. The van der Waals surface area contributed by atoms with E-state index in [0.29, 0.717) is 25.0 Å². The lowest BCUT2D eigenvalue weighted by atomic mass is 9.84. The molecule has 1 aliphatic rings. The standard InChI is InChI=1S/C13H18F4N4O/c14-10(15)3-6-21-11(12(18)22)9(19-20-21)7-8-1-4-13(16,17)5-2-8/h8,10H,1-7H2,(H2,18,22). The summed E-state index contributed by atoms with van der Waals surface area (Å²) in [5, 5.41) is 7.51. The Labute approximate surface area is 124 Å². The number of nitrogens with two attached hydrogens (primary N) is 1. The molecule has 0 radical (unpaired) electrons. The second-order valence-corrected chi connectivity index (χ2v) is 5.66. The molecule has 1 heterocycles. The summed E-state index contributed by atoms with van der Waals surface area (Å²) in [5.41, 5.74) is 5.57. The van der Waals surface area contributed by atoms with Crippen molar-refractivity contribution >= 4 is 5.91 Å². The minimum absolute atomic E-state index is 0.00187. The van der Waals surface area contributed by atoms with Gasteiger partial charge in [-0.1, -0.05) is 5.21 Å². The molecule has 9 heteroatoms. The zero-order chi connectivity index (χ0) is 16.3. The van der Waals surface area contributed by atoms with E-state index in [1.807, 2.05) is 0 Å². The van der Waals surface area contributed by atoms with Crippen molar-refractivity contribution < 1.29 is 22.4 Å². The van der Waals surface area contributed by atoms with Crippen LogP contribution in [0, 0.1) is 5.92 Å². The molecule has 0 bridgehead atoms. The SMILES string of the molecule is NC(=O)c1c(CC2CCC(F)(F)CC2)nnn1CCC(F)F. The quantitative estimate of drug-likeness (QED) is 0.817. The predicted octanol–water partition coefficient (Wildman–Crippen LogP) is 2.40. The molecule has 22 heavy (non-hydrogen) atoms. The van der Waals surface area contributed by atoms with E-state index < -0.39 is 24.7 Å². The monoisotopic (exact) mass is 322 g/mol. The number of hydrogen-bond donors (Lipinski definition) is 1. The van der Waals surface area contributed by atoms with Crippen LogP contribution in [0.15, 0.2) is 0 Å². The lowest BCUT2D eigenvalue weighted by Crippen LogP contribution is -2.26. The highest BCUT2D eigenvalue weighted by Gasteiger charge is 2.35. The van der Waals surface area contributed by atoms with Crippen molar-refractivity contribution in [2.75, 3.05) is 0 Å². The van der Waals surface area contributed by atoms with E-state index in [4.69, 9.17) is 5.73 Å². The molecular formula is C13H18F4N4O. The normalized spacial score (nSPS) is 18.8. The summed E-state index contributed by atoms with van der Waals surface area (Å²) in [6.07, 6.45) is -2.40. The molecule has 0 atom stereocenters. The molecule has 1 aromatic rings. The Bertz CT molecular complexity index is 522. The Hall–Kier alpha value is -1.67. The number of aromatic nitrogens is 3. The topological polar surface area (TPSA) is 73.8 Å². The second-order valence-electron chi connectivity index (χ2n) is 5.66.